The van der Waals surface area contributed by atoms with Gasteiger partial charge in [-0.15, -0.1) is 0 Å². The first-order valence-electron chi connectivity index (χ1n) is 7.17. The molecule has 0 aliphatic heterocycles. The summed E-state index contributed by atoms with van der Waals surface area (Å²) in [6.07, 6.45) is 0.382. The third-order valence-electron chi connectivity index (χ3n) is 3.02. The highest BCUT2D eigenvalue weighted by Gasteiger charge is 2.21. The summed E-state index contributed by atoms with van der Waals surface area (Å²) in [5.74, 6) is -1.49. The van der Waals surface area contributed by atoms with Crippen LogP contribution in [0, 0.1) is 5.92 Å². The molecule has 0 aromatic heterocycles. The van der Waals surface area contributed by atoms with Crippen LogP contribution < -0.4 is 10.6 Å². The fourth-order valence-corrected chi connectivity index (χ4v) is 2.10. The van der Waals surface area contributed by atoms with Crippen molar-refractivity contribution in [1.82, 2.24) is 5.32 Å². The first kappa shape index (κ1) is 17.7. The summed E-state index contributed by atoms with van der Waals surface area (Å²) in [5.41, 5.74) is 1.20. The number of aliphatic carboxylic acids is 1. The van der Waals surface area contributed by atoms with Crippen LogP contribution in [0.1, 0.15) is 32.8 Å². The van der Waals surface area contributed by atoms with Crippen molar-refractivity contribution in [2.24, 2.45) is 5.92 Å². The molecule has 6 heteroatoms. The Balaban J connectivity index is 2.75. The second kappa shape index (κ2) is 8.17. The van der Waals surface area contributed by atoms with Crippen LogP contribution in [-0.4, -0.2) is 28.9 Å². The molecule has 0 aliphatic rings. The zero-order chi connectivity index (χ0) is 16.7. The van der Waals surface area contributed by atoms with Crippen molar-refractivity contribution in [3.8, 4) is 0 Å². The number of para-hydroxylation sites is 1. The Morgan fingerprint density at radius 1 is 1.18 bits per heavy atom. The molecule has 2 amide bonds. The SMILES string of the molecule is CC(=O)Nc1ccccc1CC(=O)NC(CC(C)C)C(=O)O. The maximum absolute atomic E-state index is 12.1. The van der Waals surface area contributed by atoms with Gasteiger partial charge in [0.25, 0.3) is 0 Å². The monoisotopic (exact) mass is 306 g/mol. The number of carbonyl (C=O) groups is 3. The van der Waals surface area contributed by atoms with E-state index >= 15 is 0 Å². The number of carboxylic acid groups (broad SMARTS) is 1. The molecule has 0 spiro atoms. The van der Waals surface area contributed by atoms with E-state index < -0.39 is 12.0 Å². The van der Waals surface area contributed by atoms with E-state index in [0.29, 0.717) is 17.7 Å². The van der Waals surface area contributed by atoms with Gasteiger partial charge >= 0.3 is 5.97 Å². The van der Waals surface area contributed by atoms with Gasteiger partial charge < -0.3 is 15.7 Å². The highest BCUT2D eigenvalue weighted by Crippen LogP contribution is 2.16. The third-order valence-corrected chi connectivity index (χ3v) is 3.02. The van der Waals surface area contributed by atoms with Crippen molar-refractivity contribution in [3.05, 3.63) is 29.8 Å². The molecule has 0 saturated carbocycles. The summed E-state index contributed by atoms with van der Waals surface area (Å²) in [5, 5.41) is 14.3. The fraction of sp³-hybridized carbons (Fsp3) is 0.438. The topological polar surface area (TPSA) is 95.5 Å². The van der Waals surface area contributed by atoms with Gasteiger partial charge in [0, 0.05) is 12.6 Å². The number of amides is 2. The largest absolute Gasteiger partial charge is 0.480 e. The summed E-state index contributed by atoms with van der Waals surface area (Å²) < 4.78 is 0. The second-order valence-corrected chi connectivity index (χ2v) is 5.60. The van der Waals surface area contributed by atoms with Gasteiger partial charge in [-0.25, -0.2) is 4.79 Å². The lowest BCUT2D eigenvalue weighted by molar-refractivity contribution is -0.142. The molecule has 6 nitrogen and oxygen atoms in total. The summed E-state index contributed by atoms with van der Waals surface area (Å²) in [6.45, 7) is 5.18. The number of hydrogen-bond donors (Lipinski definition) is 3. The number of carboxylic acids is 1. The van der Waals surface area contributed by atoms with Gasteiger partial charge in [0.15, 0.2) is 0 Å². The van der Waals surface area contributed by atoms with Crippen LogP contribution in [-0.2, 0) is 20.8 Å². The Morgan fingerprint density at radius 2 is 1.82 bits per heavy atom. The summed E-state index contributed by atoms with van der Waals surface area (Å²) in [7, 11) is 0. The van der Waals surface area contributed by atoms with Crippen molar-refractivity contribution in [2.75, 3.05) is 5.32 Å². The van der Waals surface area contributed by atoms with Crippen molar-refractivity contribution in [2.45, 2.75) is 39.7 Å². The standard InChI is InChI=1S/C16H22N2O4/c1-10(2)8-14(16(21)22)18-15(20)9-12-6-4-5-7-13(12)17-11(3)19/h4-7,10,14H,8-9H2,1-3H3,(H,17,19)(H,18,20)(H,21,22). The van der Waals surface area contributed by atoms with Gasteiger partial charge in [-0.1, -0.05) is 32.0 Å². The first-order valence-corrected chi connectivity index (χ1v) is 7.17. The average molecular weight is 306 g/mol. The Bertz CT molecular complexity index is 555. The van der Waals surface area contributed by atoms with Crippen LogP contribution in [0.3, 0.4) is 0 Å². The van der Waals surface area contributed by atoms with E-state index in [1.54, 1.807) is 24.3 Å². The minimum absolute atomic E-state index is 0.0122. The molecule has 3 N–H and O–H groups in total. The zero-order valence-electron chi connectivity index (χ0n) is 13.1. The molecular weight excluding hydrogens is 284 g/mol. The van der Waals surface area contributed by atoms with Crippen molar-refractivity contribution in [1.29, 1.82) is 0 Å². The molecule has 0 saturated heterocycles. The van der Waals surface area contributed by atoms with Crippen molar-refractivity contribution in [3.63, 3.8) is 0 Å². The molecule has 0 aliphatic carbocycles. The fourth-order valence-electron chi connectivity index (χ4n) is 2.10. The molecule has 120 valence electrons. The number of hydrogen-bond acceptors (Lipinski definition) is 3. The predicted octanol–water partition coefficient (Wildman–Crippen LogP) is 1.80. The lowest BCUT2D eigenvalue weighted by atomic mass is 10.0. The van der Waals surface area contributed by atoms with E-state index in [-0.39, 0.29) is 24.2 Å². The quantitative estimate of drug-likeness (QED) is 0.716. The summed E-state index contributed by atoms with van der Waals surface area (Å²) in [6, 6.07) is 6.04. The van der Waals surface area contributed by atoms with Crippen LogP contribution in [0.15, 0.2) is 24.3 Å². The maximum Gasteiger partial charge on any atom is 0.326 e. The smallest absolute Gasteiger partial charge is 0.326 e. The molecular formula is C16H22N2O4. The van der Waals surface area contributed by atoms with Crippen LogP contribution in [0.2, 0.25) is 0 Å². The average Bonchev–Trinajstić information content (AvgIpc) is 2.39. The van der Waals surface area contributed by atoms with E-state index in [1.165, 1.54) is 6.92 Å². The molecule has 1 aromatic carbocycles. The van der Waals surface area contributed by atoms with E-state index in [9.17, 15) is 14.4 Å². The van der Waals surface area contributed by atoms with Crippen LogP contribution in [0.4, 0.5) is 5.69 Å². The highest BCUT2D eigenvalue weighted by molar-refractivity contribution is 5.91. The van der Waals surface area contributed by atoms with Crippen molar-refractivity contribution >= 4 is 23.5 Å². The van der Waals surface area contributed by atoms with E-state index in [4.69, 9.17) is 5.11 Å². The van der Waals surface area contributed by atoms with Crippen LogP contribution in [0.25, 0.3) is 0 Å². The number of anilines is 1. The highest BCUT2D eigenvalue weighted by atomic mass is 16.4. The maximum atomic E-state index is 12.1. The third kappa shape index (κ3) is 5.95. The zero-order valence-corrected chi connectivity index (χ0v) is 13.1. The van der Waals surface area contributed by atoms with E-state index in [1.807, 2.05) is 13.8 Å². The molecule has 0 fully saturated rings. The van der Waals surface area contributed by atoms with Crippen molar-refractivity contribution < 1.29 is 19.5 Å². The molecule has 22 heavy (non-hydrogen) atoms. The lowest BCUT2D eigenvalue weighted by Gasteiger charge is -2.17. The molecule has 1 atom stereocenters. The van der Waals surface area contributed by atoms with Gasteiger partial charge in [-0.3, -0.25) is 9.59 Å². The normalized spacial score (nSPS) is 11.8. The van der Waals surface area contributed by atoms with Crippen LogP contribution in [0.5, 0.6) is 0 Å². The number of nitrogens with one attached hydrogen (secondary N) is 2. The number of carbonyl (C=O) groups excluding carboxylic acids is 2. The molecule has 1 aromatic rings. The van der Waals surface area contributed by atoms with E-state index in [0.717, 1.165) is 0 Å². The van der Waals surface area contributed by atoms with Gasteiger partial charge in [0.1, 0.15) is 6.04 Å². The Morgan fingerprint density at radius 3 is 2.36 bits per heavy atom. The molecule has 0 bridgehead atoms. The second-order valence-electron chi connectivity index (χ2n) is 5.60. The summed E-state index contributed by atoms with van der Waals surface area (Å²) >= 11 is 0. The number of rotatable bonds is 7. The Labute approximate surface area is 129 Å². The first-order chi connectivity index (χ1) is 10.3. The Hall–Kier alpha value is -2.37. The Kier molecular flexibility index (Phi) is 6.56. The van der Waals surface area contributed by atoms with Gasteiger partial charge in [-0.2, -0.15) is 0 Å². The number of benzene rings is 1. The lowest BCUT2D eigenvalue weighted by Crippen LogP contribution is -2.42. The van der Waals surface area contributed by atoms with Gasteiger partial charge in [0.05, 0.1) is 6.42 Å². The minimum Gasteiger partial charge on any atom is -0.480 e. The molecule has 0 heterocycles. The molecule has 1 unspecified atom stereocenters. The van der Waals surface area contributed by atoms with E-state index in [2.05, 4.69) is 10.6 Å². The predicted molar refractivity (Wildman–Crippen MR) is 83.5 cm³/mol. The molecule has 0 radical (unpaired) electrons. The minimum atomic E-state index is -1.04. The summed E-state index contributed by atoms with van der Waals surface area (Å²) in [4.78, 5) is 34.4. The van der Waals surface area contributed by atoms with Crippen LogP contribution >= 0.6 is 0 Å². The van der Waals surface area contributed by atoms with Gasteiger partial charge in [-0.05, 0) is 24.0 Å². The molecule has 1 rings (SSSR count). The van der Waals surface area contributed by atoms with Gasteiger partial charge in [0.2, 0.25) is 11.8 Å².